The molecule has 0 heterocycles. The number of hydrogen-bond donors (Lipinski definition) is 0. The monoisotopic (exact) mass is 180 g/mol. The zero-order chi connectivity index (χ0) is 9.26. The molecule has 2 aliphatic rings. The van der Waals surface area contributed by atoms with Gasteiger partial charge in [0.05, 0.1) is 6.61 Å². The first-order chi connectivity index (χ1) is 6.33. The molecule has 2 rings (SSSR count). The summed E-state index contributed by atoms with van der Waals surface area (Å²) in [6, 6.07) is 0. The fourth-order valence-electron chi connectivity index (χ4n) is 2.30. The van der Waals surface area contributed by atoms with Crippen LogP contribution in [0.4, 0.5) is 0 Å². The van der Waals surface area contributed by atoms with Gasteiger partial charge < -0.3 is 4.74 Å². The van der Waals surface area contributed by atoms with E-state index in [1.807, 2.05) is 0 Å². The van der Waals surface area contributed by atoms with Crippen LogP contribution in [0.5, 0.6) is 0 Å². The molecule has 0 spiro atoms. The molecule has 3 unspecified atom stereocenters. The molecule has 13 heavy (non-hydrogen) atoms. The normalized spacial score (nSPS) is 36.1. The number of ether oxygens (including phenoxy) is 1. The molecule has 72 valence electrons. The fraction of sp³-hybridized carbons (Fsp3) is 0.727. The average Bonchev–Trinajstić information content (AvgIpc) is 2.62. The first kappa shape index (κ1) is 8.95. The summed E-state index contributed by atoms with van der Waals surface area (Å²) < 4.78 is 5.48. The first-order valence-electron chi connectivity index (χ1n) is 5.12. The molecule has 0 saturated heterocycles. The minimum atomic E-state index is 0.182. The van der Waals surface area contributed by atoms with Gasteiger partial charge in [-0.2, -0.15) is 0 Å². The van der Waals surface area contributed by atoms with E-state index in [0.717, 1.165) is 26.1 Å². The number of allylic oxidation sites excluding steroid dienone is 2. The first-order valence-corrected chi connectivity index (χ1v) is 5.12. The van der Waals surface area contributed by atoms with Crippen molar-refractivity contribution in [1.29, 1.82) is 0 Å². The number of hydrogen-bond acceptors (Lipinski definition) is 2. The molecular weight excluding hydrogens is 164 g/mol. The molecule has 0 N–H and O–H groups in total. The SMILES string of the molecule is CCCOCC1CC2C=CC1C2=O. The van der Waals surface area contributed by atoms with Crippen molar-refractivity contribution >= 4 is 5.78 Å². The Morgan fingerprint density at radius 1 is 1.54 bits per heavy atom. The van der Waals surface area contributed by atoms with E-state index in [-0.39, 0.29) is 11.8 Å². The molecule has 0 aromatic carbocycles. The predicted octanol–water partition coefficient (Wildman–Crippen LogP) is 1.80. The summed E-state index contributed by atoms with van der Waals surface area (Å²) in [5.41, 5.74) is 0. The van der Waals surface area contributed by atoms with Gasteiger partial charge in [0.25, 0.3) is 0 Å². The van der Waals surface area contributed by atoms with E-state index in [0.29, 0.717) is 11.7 Å². The van der Waals surface area contributed by atoms with Gasteiger partial charge in [0.15, 0.2) is 0 Å². The van der Waals surface area contributed by atoms with Crippen LogP contribution in [0.3, 0.4) is 0 Å². The Morgan fingerprint density at radius 2 is 2.38 bits per heavy atom. The van der Waals surface area contributed by atoms with E-state index in [1.54, 1.807) is 0 Å². The lowest BCUT2D eigenvalue weighted by Gasteiger charge is -2.15. The van der Waals surface area contributed by atoms with Crippen LogP contribution in [0.15, 0.2) is 12.2 Å². The Balaban J connectivity index is 1.83. The lowest BCUT2D eigenvalue weighted by molar-refractivity contribution is -0.121. The van der Waals surface area contributed by atoms with Crippen molar-refractivity contribution in [3.8, 4) is 0 Å². The summed E-state index contributed by atoms with van der Waals surface area (Å²) >= 11 is 0. The molecule has 0 aromatic rings. The van der Waals surface area contributed by atoms with Crippen LogP contribution in [0.1, 0.15) is 19.8 Å². The minimum absolute atomic E-state index is 0.182. The molecular formula is C11H16O2. The van der Waals surface area contributed by atoms with E-state index < -0.39 is 0 Å². The molecule has 0 radical (unpaired) electrons. The van der Waals surface area contributed by atoms with Crippen LogP contribution in [0, 0.1) is 17.8 Å². The maximum atomic E-state index is 11.5. The Morgan fingerprint density at radius 3 is 2.92 bits per heavy atom. The van der Waals surface area contributed by atoms with Crippen LogP contribution in [-0.4, -0.2) is 19.0 Å². The van der Waals surface area contributed by atoms with Crippen LogP contribution in [-0.2, 0) is 9.53 Å². The molecule has 2 bridgehead atoms. The summed E-state index contributed by atoms with van der Waals surface area (Å²) in [7, 11) is 0. The molecule has 0 amide bonds. The van der Waals surface area contributed by atoms with Crippen molar-refractivity contribution in [2.75, 3.05) is 13.2 Å². The number of ketones is 1. The second kappa shape index (κ2) is 3.62. The molecule has 0 aliphatic heterocycles. The lowest BCUT2D eigenvalue weighted by atomic mass is 9.94. The Bertz CT molecular complexity index is 232. The number of Topliss-reactive ketones (excluding diaryl/α,β-unsaturated/α-hetero) is 1. The van der Waals surface area contributed by atoms with Crippen molar-refractivity contribution in [3.05, 3.63) is 12.2 Å². The van der Waals surface area contributed by atoms with E-state index in [1.165, 1.54) is 0 Å². The lowest BCUT2D eigenvalue weighted by Crippen LogP contribution is -2.16. The van der Waals surface area contributed by atoms with E-state index in [4.69, 9.17) is 4.74 Å². The van der Waals surface area contributed by atoms with Gasteiger partial charge in [-0.05, 0) is 18.8 Å². The van der Waals surface area contributed by atoms with Gasteiger partial charge in [0.2, 0.25) is 0 Å². The zero-order valence-electron chi connectivity index (χ0n) is 8.03. The third-order valence-electron chi connectivity index (χ3n) is 2.99. The van der Waals surface area contributed by atoms with E-state index in [9.17, 15) is 4.79 Å². The van der Waals surface area contributed by atoms with Gasteiger partial charge in [-0.25, -0.2) is 0 Å². The maximum Gasteiger partial charge on any atom is 0.146 e. The van der Waals surface area contributed by atoms with Gasteiger partial charge in [-0.3, -0.25) is 4.79 Å². The summed E-state index contributed by atoms with van der Waals surface area (Å²) in [5, 5.41) is 0. The second-order valence-corrected chi connectivity index (χ2v) is 3.99. The predicted molar refractivity (Wildman–Crippen MR) is 50.3 cm³/mol. The highest BCUT2D eigenvalue weighted by atomic mass is 16.5. The summed E-state index contributed by atoms with van der Waals surface area (Å²) in [6.07, 6.45) is 6.20. The third kappa shape index (κ3) is 1.55. The van der Waals surface area contributed by atoms with Gasteiger partial charge in [-0.1, -0.05) is 19.1 Å². The van der Waals surface area contributed by atoms with Crippen molar-refractivity contribution in [3.63, 3.8) is 0 Å². The number of carbonyl (C=O) groups excluding carboxylic acids is 1. The number of rotatable bonds is 4. The van der Waals surface area contributed by atoms with Gasteiger partial charge in [-0.15, -0.1) is 0 Å². The van der Waals surface area contributed by atoms with Crippen LogP contribution >= 0.6 is 0 Å². The molecule has 3 atom stereocenters. The second-order valence-electron chi connectivity index (χ2n) is 3.99. The molecule has 2 aliphatic carbocycles. The fourth-order valence-corrected chi connectivity index (χ4v) is 2.30. The van der Waals surface area contributed by atoms with Crippen LogP contribution in [0.2, 0.25) is 0 Å². The molecule has 1 saturated carbocycles. The van der Waals surface area contributed by atoms with Crippen molar-refractivity contribution in [2.45, 2.75) is 19.8 Å². The van der Waals surface area contributed by atoms with Gasteiger partial charge >= 0.3 is 0 Å². The number of fused-ring (bicyclic) bond motifs is 2. The average molecular weight is 180 g/mol. The molecule has 2 nitrogen and oxygen atoms in total. The largest absolute Gasteiger partial charge is 0.381 e. The standard InChI is InChI=1S/C11H16O2/c1-2-5-13-7-9-6-8-3-4-10(9)11(8)12/h3-4,8-10H,2,5-7H2,1H3. The van der Waals surface area contributed by atoms with Crippen molar-refractivity contribution in [1.82, 2.24) is 0 Å². The summed E-state index contributed by atoms with van der Waals surface area (Å²) in [4.78, 5) is 11.5. The Labute approximate surface area is 79.0 Å². The Kier molecular flexibility index (Phi) is 2.49. The summed E-state index contributed by atoms with van der Waals surface area (Å²) in [6.45, 7) is 3.70. The summed E-state index contributed by atoms with van der Waals surface area (Å²) in [5.74, 6) is 1.29. The van der Waals surface area contributed by atoms with Crippen LogP contribution < -0.4 is 0 Å². The smallest absolute Gasteiger partial charge is 0.146 e. The van der Waals surface area contributed by atoms with Crippen molar-refractivity contribution in [2.24, 2.45) is 17.8 Å². The molecule has 2 heteroatoms. The Hall–Kier alpha value is -0.630. The molecule has 1 fully saturated rings. The zero-order valence-corrected chi connectivity index (χ0v) is 8.03. The van der Waals surface area contributed by atoms with E-state index in [2.05, 4.69) is 19.1 Å². The third-order valence-corrected chi connectivity index (χ3v) is 2.99. The van der Waals surface area contributed by atoms with Gasteiger partial charge in [0, 0.05) is 18.4 Å². The maximum absolute atomic E-state index is 11.5. The van der Waals surface area contributed by atoms with E-state index >= 15 is 0 Å². The highest BCUT2D eigenvalue weighted by molar-refractivity contribution is 5.91. The molecule has 0 aromatic heterocycles. The highest BCUT2D eigenvalue weighted by Crippen LogP contribution is 2.40. The topological polar surface area (TPSA) is 26.3 Å². The van der Waals surface area contributed by atoms with Crippen molar-refractivity contribution < 1.29 is 9.53 Å². The quantitative estimate of drug-likeness (QED) is 0.487. The highest BCUT2D eigenvalue weighted by Gasteiger charge is 2.43. The number of carbonyl (C=O) groups is 1. The van der Waals surface area contributed by atoms with Crippen LogP contribution in [0.25, 0.3) is 0 Å². The minimum Gasteiger partial charge on any atom is -0.381 e. The van der Waals surface area contributed by atoms with Gasteiger partial charge in [0.1, 0.15) is 5.78 Å².